The molecule has 25 heavy (non-hydrogen) atoms. The molecule has 5 nitrogen and oxygen atoms in total. The zero-order valence-corrected chi connectivity index (χ0v) is 15.0. The van der Waals surface area contributed by atoms with Gasteiger partial charge in [0.25, 0.3) is 5.91 Å². The van der Waals surface area contributed by atoms with Gasteiger partial charge in [-0.1, -0.05) is 31.0 Å². The van der Waals surface area contributed by atoms with Crippen molar-refractivity contribution in [1.82, 2.24) is 14.9 Å². The maximum Gasteiger partial charge on any atom is 0.270 e. The second-order valence-corrected chi connectivity index (χ2v) is 7.44. The van der Waals surface area contributed by atoms with Gasteiger partial charge in [-0.2, -0.15) is 0 Å². The van der Waals surface area contributed by atoms with Gasteiger partial charge in [-0.25, -0.2) is 0 Å². The lowest BCUT2D eigenvalue weighted by atomic mass is 9.89. The minimum absolute atomic E-state index is 0.00702. The lowest BCUT2D eigenvalue weighted by Gasteiger charge is -2.38. The summed E-state index contributed by atoms with van der Waals surface area (Å²) in [6.45, 7) is 0.725. The summed E-state index contributed by atoms with van der Waals surface area (Å²) in [5.74, 6) is -0.0868. The van der Waals surface area contributed by atoms with Crippen LogP contribution in [-0.4, -0.2) is 33.7 Å². The second-order valence-electron chi connectivity index (χ2n) is 7.05. The van der Waals surface area contributed by atoms with E-state index in [4.69, 9.17) is 17.0 Å². The van der Waals surface area contributed by atoms with Crippen molar-refractivity contribution in [3.05, 3.63) is 47.0 Å². The van der Waals surface area contributed by atoms with Gasteiger partial charge < -0.3 is 15.0 Å². The van der Waals surface area contributed by atoms with Gasteiger partial charge in [-0.05, 0) is 50.0 Å². The third kappa shape index (κ3) is 3.28. The first-order valence-corrected chi connectivity index (χ1v) is 9.38. The van der Waals surface area contributed by atoms with Crippen LogP contribution in [0.25, 0.3) is 5.69 Å². The molecule has 1 spiro atoms. The highest BCUT2D eigenvalue weighted by atomic mass is 32.1. The third-order valence-electron chi connectivity index (χ3n) is 5.37. The van der Waals surface area contributed by atoms with Gasteiger partial charge in [-0.15, -0.1) is 0 Å². The predicted molar refractivity (Wildman–Crippen MR) is 98.6 cm³/mol. The molecule has 1 aromatic heterocycles. The van der Waals surface area contributed by atoms with Gasteiger partial charge in [0.2, 0.25) is 0 Å². The lowest BCUT2D eigenvalue weighted by Crippen LogP contribution is -2.47. The molecule has 2 aromatic rings. The van der Waals surface area contributed by atoms with Crippen molar-refractivity contribution in [2.75, 3.05) is 6.61 Å². The van der Waals surface area contributed by atoms with E-state index in [-0.39, 0.29) is 17.6 Å². The number of para-hydroxylation sites is 1. The molecule has 1 amide bonds. The molecular formula is C19H23N3O2S. The Bertz CT molecular complexity index is 806. The molecule has 2 heterocycles. The Hall–Kier alpha value is -1.92. The van der Waals surface area contributed by atoms with Gasteiger partial charge in [-0.3, -0.25) is 9.36 Å². The number of amides is 1. The Morgan fingerprint density at radius 1 is 1.28 bits per heavy atom. The molecule has 1 aliphatic carbocycles. The highest BCUT2D eigenvalue weighted by molar-refractivity contribution is 7.71. The molecule has 2 aliphatic rings. The van der Waals surface area contributed by atoms with Crippen molar-refractivity contribution < 1.29 is 9.53 Å². The highest BCUT2D eigenvalue weighted by Gasteiger charge is 2.40. The number of ether oxygens (including phenoxy) is 1. The molecule has 1 unspecified atom stereocenters. The average Bonchev–Trinajstić information content (AvgIpc) is 3.22. The number of hydrogen-bond acceptors (Lipinski definition) is 3. The monoisotopic (exact) mass is 357 g/mol. The van der Waals surface area contributed by atoms with E-state index < -0.39 is 0 Å². The van der Waals surface area contributed by atoms with Crippen molar-refractivity contribution >= 4 is 18.1 Å². The van der Waals surface area contributed by atoms with Crippen molar-refractivity contribution in [3.63, 3.8) is 0 Å². The molecule has 2 N–H and O–H groups in total. The fourth-order valence-electron chi connectivity index (χ4n) is 4.15. The second kappa shape index (κ2) is 6.77. The standard InChI is InChI=1S/C19H23N3O2S/c23-17(21-14-8-11-24-19(12-14)9-4-5-10-19)16-13-20-18(25)22(16)15-6-2-1-3-7-15/h1-3,6-7,13-14H,4-5,8-12H2,(H,20,25)(H,21,23). The van der Waals surface area contributed by atoms with Gasteiger partial charge in [0.15, 0.2) is 4.77 Å². The van der Waals surface area contributed by atoms with Crippen molar-refractivity contribution in [3.8, 4) is 5.69 Å². The Labute approximate surface area is 152 Å². The highest BCUT2D eigenvalue weighted by Crippen LogP contribution is 2.40. The van der Waals surface area contributed by atoms with E-state index >= 15 is 0 Å². The van der Waals surface area contributed by atoms with E-state index in [1.54, 1.807) is 10.8 Å². The van der Waals surface area contributed by atoms with Crippen molar-refractivity contribution in [2.45, 2.75) is 50.2 Å². The van der Waals surface area contributed by atoms with E-state index in [9.17, 15) is 4.79 Å². The molecule has 132 valence electrons. The van der Waals surface area contributed by atoms with Crippen LogP contribution in [0.15, 0.2) is 36.5 Å². The number of benzene rings is 1. The maximum atomic E-state index is 12.9. The normalized spacial score (nSPS) is 22.2. The number of nitrogens with one attached hydrogen (secondary N) is 2. The molecule has 1 aromatic carbocycles. The summed E-state index contributed by atoms with van der Waals surface area (Å²) in [5.41, 5.74) is 1.42. The molecule has 0 radical (unpaired) electrons. The van der Waals surface area contributed by atoms with Crippen LogP contribution in [-0.2, 0) is 4.74 Å². The summed E-state index contributed by atoms with van der Waals surface area (Å²) >= 11 is 5.37. The third-order valence-corrected chi connectivity index (χ3v) is 5.67. The minimum atomic E-state index is -0.0868. The topological polar surface area (TPSA) is 59.0 Å². The fourth-order valence-corrected chi connectivity index (χ4v) is 4.41. The van der Waals surface area contributed by atoms with E-state index in [0.29, 0.717) is 10.5 Å². The molecule has 1 atom stereocenters. The summed E-state index contributed by atoms with van der Waals surface area (Å²) in [6, 6.07) is 9.88. The Morgan fingerprint density at radius 3 is 2.80 bits per heavy atom. The molecule has 1 saturated carbocycles. The van der Waals surface area contributed by atoms with Crippen LogP contribution in [0.1, 0.15) is 49.0 Å². The van der Waals surface area contributed by atoms with Crippen LogP contribution in [0, 0.1) is 4.77 Å². The fraction of sp³-hybridized carbons (Fsp3) is 0.474. The van der Waals surface area contributed by atoms with E-state index in [2.05, 4.69) is 10.3 Å². The van der Waals surface area contributed by atoms with E-state index in [1.165, 1.54) is 12.8 Å². The molecule has 4 rings (SSSR count). The first-order chi connectivity index (χ1) is 12.2. The smallest absolute Gasteiger partial charge is 0.270 e. The van der Waals surface area contributed by atoms with Crippen LogP contribution in [0.4, 0.5) is 0 Å². The first-order valence-electron chi connectivity index (χ1n) is 8.98. The molecular weight excluding hydrogens is 334 g/mol. The van der Waals surface area contributed by atoms with Crippen LogP contribution < -0.4 is 5.32 Å². The molecule has 6 heteroatoms. The van der Waals surface area contributed by atoms with Crippen LogP contribution in [0.5, 0.6) is 0 Å². The lowest BCUT2D eigenvalue weighted by molar-refractivity contribution is -0.0823. The SMILES string of the molecule is O=C(NC1CCOC2(CCCC2)C1)c1c[nH]c(=S)n1-c1ccccc1. The summed E-state index contributed by atoms with van der Waals surface area (Å²) in [4.78, 5) is 15.9. The average molecular weight is 357 g/mol. The van der Waals surface area contributed by atoms with Crippen molar-refractivity contribution in [2.24, 2.45) is 0 Å². The van der Waals surface area contributed by atoms with E-state index in [0.717, 1.165) is 38.0 Å². The number of H-pyrrole nitrogens is 1. The van der Waals surface area contributed by atoms with Crippen LogP contribution in [0.2, 0.25) is 0 Å². The maximum absolute atomic E-state index is 12.9. The van der Waals surface area contributed by atoms with Gasteiger partial charge >= 0.3 is 0 Å². The molecule has 2 fully saturated rings. The van der Waals surface area contributed by atoms with Gasteiger partial charge in [0, 0.05) is 24.5 Å². The van der Waals surface area contributed by atoms with Crippen LogP contribution in [0.3, 0.4) is 0 Å². The summed E-state index contributed by atoms with van der Waals surface area (Å²) in [7, 11) is 0. The molecule has 1 saturated heterocycles. The Morgan fingerprint density at radius 2 is 2.04 bits per heavy atom. The minimum Gasteiger partial charge on any atom is -0.375 e. The Balaban J connectivity index is 1.53. The zero-order valence-electron chi connectivity index (χ0n) is 14.2. The van der Waals surface area contributed by atoms with Crippen molar-refractivity contribution in [1.29, 1.82) is 0 Å². The number of nitrogens with zero attached hydrogens (tertiary/aromatic N) is 1. The van der Waals surface area contributed by atoms with Gasteiger partial charge in [0.1, 0.15) is 5.69 Å². The molecule has 0 bridgehead atoms. The number of rotatable bonds is 3. The number of aromatic nitrogens is 2. The van der Waals surface area contributed by atoms with Crippen LogP contribution >= 0.6 is 12.2 Å². The molecule has 1 aliphatic heterocycles. The largest absolute Gasteiger partial charge is 0.375 e. The number of carbonyl (C=O) groups is 1. The first kappa shape index (κ1) is 16.5. The summed E-state index contributed by atoms with van der Waals surface area (Å²) < 4.78 is 8.37. The van der Waals surface area contributed by atoms with E-state index in [1.807, 2.05) is 30.3 Å². The summed E-state index contributed by atoms with van der Waals surface area (Å²) in [6.07, 6.45) is 8.15. The Kier molecular flexibility index (Phi) is 4.48. The zero-order chi connectivity index (χ0) is 17.3. The summed E-state index contributed by atoms with van der Waals surface area (Å²) in [5, 5.41) is 3.20. The number of imidazole rings is 1. The predicted octanol–water partition coefficient (Wildman–Crippen LogP) is 3.76. The number of aromatic amines is 1. The van der Waals surface area contributed by atoms with Gasteiger partial charge in [0.05, 0.1) is 5.60 Å². The quantitative estimate of drug-likeness (QED) is 0.823. The number of hydrogen-bond donors (Lipinski definition) is 2. The number of carbonyl (C=O) groups excluding carboxylic acids is 1.